The Morgan fingerprint density at radius 1 is 1.25 bits per heavy atom. The first-order valence-electron chi connectivity index (χ1n) is 8.66. The molecule has 1 amide bonds. The number of carbonyl (C=O) groups is 2. The summed E-state index contributed by atoms with van der Waals surface area (Å²) in [4.78, 5) is 26.1. The smallest absolute Gasteiger partial charge is 0.337 e. The normalized spacial score (nSPS) is 16.7. The number of carbonyl (C=O) groups excluding carboxylic acids is 2. The quantitative estimate of drug-likeness (QED) is 0.563. The maximum absolute atomic E-state index is 12.6. The predicted molar refractivity (Wildman–Crippen MR) is 95.6 cm³/mol. The molecule has 1 saturated carbocycles. The van der Waals surface area contributed by atoms with E-state index in [2.05, 4.69) is 25.5 Å². The zero-order chi connectivity index (χ0) is 17.7. The second-order valence-electron chi connectivity index (χ2n) is 6.55. The van der Waals surface area contributed by atoms with Gasteiger partial charge in [-0.25, -0.2) is 4.79 Å². The number of ether oxygens (including phenoxy) is 1. The maximum Gasteiger partial charge on any atom is 0.337 e. The lowest BCUT2D eigenvalue weighted by atomic mass is 9.99. The van der Waals surface area contributed by atoms with Crippen molar-refractivity contribution in [2.24, 2.45) is 5.92 Å². The first-order chi connectivity index (χ1) is 11.5. The van der Waals surface area contributed by atoms with Gasteiger partial charge in [0.1, 0.15) is 0 Å². The topological polar surface area (TPSA) is 46.6 Å². The second kappa shape index (κ2) is 8.13. The molecule has 2 rings (SSSR count). The highest BCUT2D eigenvalue weighted by Gasteiger charge is 2.36. The lowest BCUT2D eigenvalue weighted by molar-refractivity contribution is -0.129. The third-order valence-electron chi connectivity index (χ3n) is 4.85. The fourth-order valence-corrected chi connectivity index (χ4v) is 2.78. The van der Waals surface area contributed by atoms with E-state index < -0.39 is 0 Å². The highest BCUT2D eigenvalue weighted by molar-refractivity contribution is 5.93. The number of rotatable bonds is 7. The van der Waals surface area contributed by atoms with Crippen LogP contribution < -0.4 is 0 Å². The molecule has 0 aromatic heterocycles. The van der Waals surface area contributed by atoms with Gasteiger partial charge in [0.25, 0.3) is 0 Å². The molecule has 4 heteroatoms. The summed E-state index contributed by atoms with van der Waals surface area (Å²) >= 11 is 0. The summed E-state index contributed by atoms with van der Waals surface area (Å²) in [6, 6.07) is 7.69. The zero-order valence-corrected chi connectivity index (χ0v) is 15.0. The van der Waals surface area contributed by atoms with E-state index in [0.29, 0.717) is 17.5 Å². The number of amides is 1. The van der Waals surface area contributed by atoms with Crippen LogP contribution in [0, 0.1) is 5.92 Å². The highest BCUT2D eigenvalue weighted by atomic mass is 16.5. The van der Waals surface area contributed by atoms with Gasteiger partial charge >= 0.3 is 5.97 Å². The maximum atomic E-state index is 12.6. The number of benzene rings is 1. The molecule has 24 heavy (non-hydrogen) atoms. The van der Waals surface area contributed by atoms with Crippen LogP contribution in [0.2, 0.25) is 0 Å². The van der Waals surface area contributed by atoms with Gasteiger partial charge in [-0.1, -0.05) is 32.4 Å². The predicted octanol–water partition coefficient (Wildman–Crippen LogP) is 3.91. The summed E-state index contributed by atoms with van der Waals surface area (Å²) in [6.45, 7) is 6.50. The third kappa shape index (κ3) is 4.47. The van der Waals surface area contributed by atoms with Crippen LogP contribution in [0.3, 0.4) is 0 Å². The summed E-state index contributed by atoms with van der Waals surface area (Å²) in [6.07, 6.45) is 6.73. The van der Waals surface area contributed by atoms with E-state index in [-0.39, 0.29) is 17.9 Å². The first kappa shape index (κ1) is 18.2. The molecule has 2 unspecified atom stereocenters. The first-order valence-corrected chi connectivity index (χ1v) is 8.66. The highest BCUT2D eigenvalue weighted by Crippen LogP contribution is 2.31. The van der Waals surface area contributed by atoms with Gasteiger partial charge in [0.2, 0.25) is 5.91 Å². The number of hydrogen-bond donors (Lipinski definition) is 0. The van der Waals surface area contributed by atoms with Crippen molar-refractivity contribution in [3.05, 3.63) is 41.5 Å². The lowest BCUT2D eigenvalue weighted by Gasteiger charge is -2.32. The van der Waals surface area contributed by atoms with E-state index in [1.165, 1.54) is 7.11 Å². The van der Waals surface area contributed by atoms with Crippen molar-refractivity contribution in [2.75, 3.05) is 7.11 Å². The van der Waals surface area contributed by atoms with Crippen LogP contribution in [0.15, 0.2) is 30.3 Å². The van der Waals surface area contributed by atoms with Gasteiger partial charge in [-0.15, -0.1) is 0 Å². The Balaban J connectivity index is 2.06. The minimum absolute atomic E-state index is 0.0716. The molecular formula is C20H27NO3. The van der Waals surface area contributed by atoms with Crippen LogP contribution in [-0.4, -0.2) is 36.0 Å². The summed E-state index contributed by atoms with van der Waals surface area (Å²) < 4.78 is 4.68. The second-order valence-corrected chi connectivity index (χ2v) is 6.55. The van der Waals surface area contributed by atoms with Gasteiger partial charge in [0.15, 0.2) is 0 Å². The molecule has 0 radical (unpaired) electrons. The Morgan fingerprint density at radius 3 is 2.38 bits per heavy atom. The molecule has 130 valence electrons. The number of hydrogen-bond acceptors (Lipinski definition) is 3. The van der Waals surface area contributed by atoms with Crippen LogP contribution in [-0.2, 0) is 9.53 Å². The summed E-state index contributed by atoms with van der Waals surface area (Å²) in [5.74, 6) is 0.202. The van der Waals surface area contributed by atoms with Gasteiger partial charge in [-0.3, -0.25) is 4.79 Å². The van der Waals surface area contributed by atoms with Crippen molar-refractivity contribution < 1.29 is 14.3 Å². The molecule has 0 spiro atoms. The van der Waals surface area contributed by atoms with E-state index in [0.717, 1.165) is 24.8 Å². The molecule has 0 heterocycles. The van der Waals surface area contributed by atoms with Gasteiger partial charge in [0.05, 0.1) is 12.7 Å². The van der Waals surface area contributed by atoms with Crippen molar-refractivity contribution in [2.45, 2.75) is 52.1 Å². The van der Waals surface area contributed by atoms with Crippen LogP contribution in [0.1, 0.15) is 56.0 Å². The Morgan fingerprint density at radius 2 is 1.88 bits per heavy atom. The van der Waals surface area contributed by atoms with E-state index in [1.54, 1.807) is 18.2 Å². The molecule has 0 saturated heterocycles. The standard InChI is InChI=1S/C20H27NO3/c1-5-14(2)15(3)21(18-11-12-18)19(22)13-8-16-6-9-17(10-7-16)20(23)24-4/h6-10,13-15,18H,5,11-12H2,1-4H3. The molecule has 4 nitrogen and oxygen atoms in total. The molecular weight excluding hydrogens is 302 g/mol. The average Bonchev–Trinajstić information content (AvgIpc) is 3.43. The average molecular weight is 329 g/mol. The SMILES string of the molecule is CCC(C)C(C)N(C(=O)C=Cc1ccc(C(=O)OC)cc1)C1CC1. The minimum atomic E-state index is -0.358. The fourth-order valence-electron chi connectivity index (χ4n) is 2.78. The van der Waals surface area contributed by atoms with Crippen molar-refractivity contribution in [3.8, 4) is 0 Å². The largest absolute Gasteiger partial charge is 0.465 e. The van der Waals surface area contributed by atoms with Crippen LogP contribution in [0.5, 0.6) is 0 Å². The molecule has 0 N–H and O–H groups in total. The van der Waals surface area contributed by atoms with E-state index in [1.807, 2.05) is 23.1 Å². The Bertz CT molecular complexity index is 602. The van der Waals surface area contributed by atoms with E-state index in [4.69, 9.17) is 0 Å². The fraction of sp³-hybridized carbons (Fsp3) is 0.500. The van der Waals surface area contributed by atoms with Crippen LogP contribution in [0.25, 0.3) is 6.08 Å². The monoisotopic (exact) mass is 329 g/mol. The van der Waals surface area contributed by atoms with Crippen molar-refractivity contribution in [1.29, 1.82) is 0 Å². The Hall–Kier alpha value is -2.10. The van der Waals surface area contributed by atoms with Crippen molar-refractivity contribution in [3.63, 3.8) is 0 Å². The number of nitrogens with zero attached hydrogens (tertiary/aromatic N) is 1. The molecule has 0 bridgehead atoms. The minimum Gasteiger partial charge on any atom is -0.465 e. The molecule has 1 aromatic carbocycles. The number of methoxy groups -OCH3 is 1. The summed E-state index contributed by atoms with van der Waals surface area (Å²) in [5.41, 5.74) is 1.40. The van der Waals surface area contributed by atoms with E-state index >= 15 is 0 Å². The summed E-state index contributed by atoms with van der Waals surface area (Å²) in [7, 11) is 1.36. The molecule has 1 fully saturated rings. The third-order valence-corrected chi connectivity index (χ3v) is 4.85. The van der Waals surface area contributed by atoms with Crippen LogP contribution in [0.4, 0.5) is 0 Å². The van der Waals surface area contributed by atoms with Gasteiger partial charge in [-0.05, 0) is 49.5 Å². The van der Waals surface area contributed by atoms with Gasteiger partial charge in [-0.2, -0.15) is 0 Å². The zero-order valence-electron chi connectivity index (χ0n) is 15.0. The molecule has 2 atom stereocenters. The molecule has 1 aromatic rings. The van der Waals surface area contributed by atoms with Crippen molar-refractivity contribution in [1.82, 2.24) is 4.90 Å². The molecule has 0 aliphatic heterocycles. The Labute approximate surface area is 144 Å². The van der Waals surface area contributed by atoms with Crippen molar-refractivity contribution >= 4 is 18.0 Å². The number of esters is 1. The van der Waals surface area contributed by atoms with Gasteiger partial charge < -0.3 is 9.64 Å². The molecule has 1 aliphatic rings. The van der Waals surface area contributed by atoms with Crippen LogP contribution >= 0.6 is 0 Å². The Kier molecular flexibility index (Phi) is 6.18. The van der Waals surface area contributed by atoms with Gasteiger partial charge in [0, 0.05) is 18.2 Å². The molecule has 1 aliphatic carbocycles. The van der Waals surface area contributed by atoms with E-state index in [9.17, 15) is 9.59 Å². The lowest BCUT2D eigenvalue weighted by Crippen LogP contribution is -2.42. The summed E-state index contributed by atoms with van der Waals surface area (Å²) in [5, 5.41) is 0.